The van der Waals surface area contributed by atoms with Crippen LogP contribution in [0.5, 0.6) is 11.6 Å². The molecule has 0 N–H and O–H groups in total. The molecule has 7 nitrogen and oxygen atoms in total. The third kappa shape index (κ3) is 3.80. The van der Waals surface area contributed by atoms with Gasteiger partial charge in [-0.15, -0.1) is 0 Å². The van der Waals surface area contributed by atoms with Crippen LogP contribution in [-0.2, 0) is 0 Å². The Hall–Kier alpha value is -3.42. The van der Waals surface area contributed by atoms with Crippen molar-refractivity contribution in [3.63, 3.8) is 0 Å². The number of amides is 1. The van der Waals surface area contributed by atoms with E-state index in [0.29, 0.717) is 24.5 Å². The normalized spacial score (nSPS) is 16.6. The van der Waals surface area contributed by atoms with E-state index in [1.165, 1.54) is 30.9 Å². The Labute approximate surface area is 161 Å². The average Bonchev–Trinajstić information content (AvgIpc) is 2.76. The van der Waals surface area contributed by atoms with Crippen LogP contribution in [-0.4, -0.2) is 43.8 Å². The van der Waals surface area contributed by atoms with Gasteiger partial charge in [0.1, 0.15) is 11.4 Å². The standard InChI is InChI=1S/C20H18FN5O2/c21-15-5-1-2-6-17(15)28-19-18(24-9-10-25-19)14-4-3-11-26(13-14)20(27)16-12-22-7-8-23-16/h1-2,5-10,12,14H,3-4,11,13H2/t14-/m0/s1. The van der Waals surface area contributed by atoms with E-state index in [4.69, 9.17) is 4.74 Å². The number of carbonyl (C=O) groups excluding carboxylic acids is 1. The predicted molar refractivity (Wildman–Crippen MR) is 98.4 cm³/mol. The summed E-state index contributed by atoms with van der Waals surface area (Å²) in [4.78, 5) is 31.1. The molecule has 1 fully saturated rings. The smallest absolute Gasteiger partial charge is 0.274 e. The summed E-state index contributed by atoms with van der Waals surface area (Å²) in [5.41, 5.74) is 0.924. The molecule has 1 saturated heterocycles. The second-order valence-electron chi connectivity index (χ2n) is 6.46. The van der Waals surface area contributed by atoms with Gasteiger partial charge in [0, 0.05) is 43.8 Å². The van der Waals surface area contributed by atoms with Crippen molar-refractivity contribution >= 4 is 5.91 Å². The summed E-state index contributed by atoms with van der Waals surface area (Å²) in [7, 11) is 0. The molecule has 1 atom stereocenters. The predicted octanol–water partition coefficient (Wildman–Crippen LogP) is 3.22. The lowest BCUT2D eigenvalue weighted by Crippen LogP contribution is -2.39. The number of rotatable bonds is 4. The van der Waals surface area contributed by atoms with Crippen LogP contribution >= 0.6 is 0 Å². The number of ether oxygens (including phenoxy) is 1. The van der Waals surface area contributed by atoms with Crippen molar-refractivity contribution in [2.24, 2.45) is 0 Å². The van der Waals surface area contributed by atoms with Gasteiger partial charge in [-0.05, 0) is 25.0 Å². The summed E-state index contributed by atoms with van der Waals surface area (Å²) in [5.74, 6) is -0.357. The SMILES string of the molecule is O=C(c1cnccn1)N1CCC[C@H](c2nccnc2Oc2ccccc2F)C1. The van der Waals surface area contributed by atoms with Crippen molar-refractivity contribution in [3.8, 4) is 11.6 Å². The van der Waals surface area contributed by atoms with E-state index < -0.39 is 5.82 Å². The highest BCUT2D eigenvalue weighted by Crippen LogP contribution is 2.33. The summed E-state index contributed by atoms with van der Waals surface area (Å²) >= 11 is 0. The van der Waals surface area contributed by atoms with Gasteiger partial charge in [-0.2, -0.15) is 0 Å². The van der Waals surface area contributed by atoms with Crippen molar-refractivity contribution in [3.05, 3.63) is 72.5 Å². The van der Waals surface area contributed by atoms with Crippen LogP contribution < -0.4 is 4.74 Å². The van der Waals surface area contributed by atoms with Gasteiger partial charge in [0.15, 0.2) is 11.6 Å². The molecule has 2 aromatic heterocycles. The molecule has 8 heteroatoms. The highest BCUT2D eigenvalue weighted by atomic mass is 19.1. The molecular weight excluding hydrogens is 361 g/mol. The fourth-order valence-electron chi connectivity index (χ4n) is 3.28. The summed E-state index contributed by atoms with van der Waals surface area (Å²) in [6.07, 6.45) is 9.21. The zero-order chi connectivity index (χ0) is 19.3. The minimum absolute atomic E-state index is 0.0650. The van der Waals surface area contributed by atoms with Gasteiger partial charge >= 0.3 is 0 Å². The van der Waals surface area contributed by atoms with Crippen LogP contribution in [0.25, 0.3) is 0 Å². The fraction of sp³-hybridized carbons (Fsp3) is 0.250. The summed E-state index contributed by atoms with van der Waals surface area (Å²) in [6, 6.07) is 6.15. The van der Waals surface area contributed by atoms with Gasteiger partial charge in [0.05, 0.1) is 6.20 Å². The minimum atomic E-state index is -0.470. The first-order valence-electron chi connectivity index (χ1n) is 9.01. The number of para-hydroxylation sites is 1. The summed E-state index contributed by atoms with van der Waals surface area (Å²) in [5, 5.41) is 0. The zero-order valence-corrected chi connectivity index (χ0v) is 15.0. The average molecular weight is 379 g/mol. The Morgan fingerprint density at radius 3 is 2.75 bits per heavy atom. The maximum atomic E-state index is 14.0. The van der Waals surface area contributed by atoms with E-state index >= 15 is 0 Å². The fourth-order valence-corrected chi connectivity index (χ4v) is 3.28. The lowest BCUT2D eigenvalue weighted by atomic mass is 9.94. The number of nitrogens with zero attached hydrogens (tertiary/aromatic N) is 5. The van der Waals surface area contributed by atoms with E-state index in [1.807, 2.05) is 0 Å². The Morgan fingerprint density at radius 2 is 1.93 bits per heavy atom. The lowest BCUT2D eigenvalue weighted by Gasteiger charge is -2.32. The van der Waals surface area contributed by atoms with Gasteiger partial charge in [-0.25, -0.2) is 14.4 Å². The molecule has 0 radical (unpaired) electrons. The van der Waals surface area contributed by atoms with E-state index in [1.54, 1.807) is 29.3 Å². The molecule has 0 spiro atoms. The first-order chi connectivity index (χ1) is 13.7. The number of carbonyl (C=O) groups is 1. The van der Waals surface area contributed by atoms with Crippen molar-refractivity contribution in [2.75, 3.05) is 13.1 Å². The Kier molecular flexibility index (Phi) is 5.18. The molecule has 0 saturated carbocycles. The third-order valence-corrected chi connectivity index (χ3v) is 4.61. The number of benzene rings is 1. The van der Waals surface area contributed by atoms with Crippen LogP contribution in [0.2, 0.25) is 0 Å². The quantitative estimate of drug-likeness (QED) is 0.692. The van der Waals surface area contributed by atoms with Crippen LogP contribution in [0.1, 0.15) is 34.9 Å². The molecule has 3 heterocycles. The van der Waals surface area contributed by atoms with E-state index in [9.17, 15) is 9.18 Å². The molecule has 0 unspecified atom stereocenters. The molecule has 0 aliphatic carbocycles. The largest absolute Gasteiger partial charge is 0.434 e. The van der Waals surface area contributed by atoms with Gasteiger partial charge in [0.25, 0.3) is 5.91 Å². The van der Waals surface area contributed by atoms with Crippen LogP contribution in [0.3, 0.4) is 0 Å². The van der Waals surface area contributed by atoms with Crippen molar-refractivity contribution < 1.29 is 13.9 Å². The van der Waals surface area contributed by atoms with Crippen molar-refractivity contribution in [1.82, 2.24) is 24.8 Å². The highest BCUT2D eigenvalue weighted by Gasteiger charge is 2.29. The van der Waals surface area contributed by atoms with E-state index in [0.717, 1.165) is 12.8 Å². The second-order valence-corrected chi connectivity index (χ2v) is 6.46. The van der Waals surface area contributed by atoms with Gasteiger partial charge in [0.2, 0.25) is 5.88 Å². The first-order valence-corrected chi connectivity index (χ1v) is 9.01. The van der Waals surface area contributed by atoms with Crippen LogP contribution in [0.15, 0.2) is 55.2 Å². The topological polar surface area (TPSA) is 81.1 Å². The lowest BCUT2D eigenvalue weighted by molar-refractivity contribution is 0.0698. The molecule has 28 heavy (non-hydrogen) atoms. The maximum absolute atomic E-state index is 14.0. The Morgan fingerprint density at radius 1 is 1.11 bits per heavy atom. The number of aromatic nitrogens is 4. The molecule has 1 aromatic carbocycles. The summed E-state index contributed by atoms with van der Waals surface area (Å²) in [6.45, 7) is 1.09. The van der Waals surface area contributed by atoms with E-state index in [2.05, 4.69) is 19.9 Å². The van der Waals surface area contributed by atoms with Crippen molar-refractivity contribution in [1.29, 1.82) is 0 Å². The number of likely N-dealkylation sites (tertiary alicyclic amines) is 1. The Balaban J connectivity index is 1.56. The molecule has 1 aliphatic rings. The molecule has 1 aliphatic heterocycles. The molecule has 3 aromatic rings. The van der Waals surface area contributed by atoms with E-state index in [-0.39, 0.29) is 23.5 Å². The highest BCUT2D eigenvalue weighted by molar-refractivity contribution is 5.92. The van der Waals surface area contributed by atoms with Gasteiger partial charge < -0.3 is 9.64 Å². The molecule has 142 valence electrons. The Bertz CT molecular complexity index is 970. The number of piperidine rings is 1. The number of halogens is 1. The monoisotopic (exact) mass is 379 g/mol. The second kappa shape index (κ2) is 8.08. The molecular formula is C20H18FN5O2. The first kappa shape index (κ1) is 18.0. The molecule has 1 amide bonds. The van der Waals surface area contributed by atoms with Gasteiger partial charge in [-0.3, -0.25) is 14.8 Å². The minimum Gasteiger partial charge on any atom is -0.434 e. The number of hydrogen-bond acceptors (Lipinski definition) is 6. The van der Waals surface area contributed by atoms with Crippen LogP contribution in [0.4, 0.5) is 4.39 Å². The molecule has 0 bridgehead atoms. The van der Waals surface area contributed by atoms with Crippen molar-refractivity contribution in [2.45, 2.75) is 18.8 Å². The zero-order valence-electron chi connectivity index (χ0n) is 15.0. The summed E-state index contributed by atoms with van der Waals surface area (Å²) < 4.78 is 19.7. The third-order valence-electron chi connectivity index (χ3n) is 4.61. The number of hydrogen-bond donors (Lipinski definition) is 0. The van der Waals surface area contributed by atoms with Crippen LogP contribution in [0, 0.1) is 5.82 Å². The van der Waals surface area contributed by atoms with Gasteiger partial charge in [-0.1, -0.05) is 12.1 Å². The molecule has 4 rings (SSSR count). The maximum Gasteiger partial charge on any atom is 0.274 e.